The highest BCUT2D eigenvalue weighted by Gasteiger charge is 2.22. The van der Waals surface area contributed by atoms with E-state index in [4.69, 9.17) is 9.47 Å². The fourth-order valence-corrected chi connectivity index (χ4v) is 3.66. The van der Waals surface area contributed by atoms with Gasteiger partial charge < -0.3 is 14.8 Å². The van der Waals surface area contributed by atoms with Crippen molar-refractivity contribution < 1.29 is 23.5 Å². The third kappa shape index (κ3) is 3.54. The van der Waals surface area contributed by atoms with Gasteiger partial charge in [-0.05, 0) is 49.4 Å². The number of carbonyl (C=O) groups is 2. The number of benzene rings is 3. The highest BCUT2D eigenvalue weighted by molar-refractivity contribution is 6.15. The van der Waals surface area contributed by atoms with Crippen LogP contribution in [0.25, 0.3) is 22.2 Å². The highest BCUT2D eigenvalue weighted by Crippen LogP contribution is 2.37. The third-order valence-corrected chi connectivity index (χ3v) is 5.24. The molecule has 5 rings (SSSR count). The third-order valence-electron chi connectivity index (χ3n) is 5.24. The van der Waals surface area contributed by atoms with Crippen molar-refractivity contribution in [2.45, 2.75) is 6.92 Å². The van der Waals surface area contributed by atoms with Crippen LogP contribution in [0.15, 0.2) is 66.7 Å². The van der Waals surface area contributed by atoms with Crippen molar-refractivity contribution in [3.8, 4) is 22.8 Å². The Labute approximate surface area is 182 Å². The number of nitrogens with zero attached hydrogens (tertiary/aromatic N) is 1. The number of anilines is 1. The minimum absolute atomic E-state index is 0.0557. The van der Waals surface area contributed by atoms with Crippen LogP contribution in [0.5, 0.6) is 11.5 Å². The molecule has 0 bridgehead atoms. The van der Waals surface area contributed by atoms with Gasteiger partial charge in [0.25, 0.3) is 5.91 Å². The van der Waals surface area contributed by atoms with Crippen LogP contribution in [0.2, 0.25) is 0 Å². The Kier molecular flexibility index (Phi) is 4.78. The van der Waals surface area contributed by atoms with Gasteiger partial charge in [0.15, 0.2) is 17.3 Å². The quantitative estimate of drug-likeness (QED) is 0.451. The SMILES string of the molecule is CC(=O)c1cc2c(cc1NC(=O)c1cc(-c3ccc(F)cc3)nc3ccccc13)OCO2. The first-order valence-corrected chi connectivity index (χ1v) is 9.91. The van der Waals surface area contributed by atoms with Crippen LogP contribution < -0.4 is 14.8 Å². The molecule has 4 aromatic rings. The number of fused-ring (bicyclic) bond motifs is 2. The number of aromatic nitrogens is 1. The van der Waals surface area contributed by atoms with Crippen LogP contribution in [-0.4, -0.2) is 23.5 Å². The number of pyridine rings is 1. The van der Waals surface area contributed by atoms with Crippen molar-refractivity contribution in [3.63, 3.8) is 0 Å². The number of rotatable bonds is 4. The van der Waals surface area contributed by atoms with Crippen LogP contribution in [0, 0.1) is 5.82 Å². The summed E-state index contributed by atoms with van der Waals surface area (Å²) < 4.78 is 24.1. The molecule has 0 unspecified atom stereocenters. The number of ether oxygens (including phenoxy) is 2. The fourth-order valence-electron chi connectivity index (χ4n) is 3.66. The first-order chi connectivity index (χ1) is 15.5. The van der Waals surface area contributed by atoms with Gasteiger partial charge in [0.05, 0.1) is 22.5 Å². The average Bonchev–Trinajstić information content (AvgIpc) is 3.25. The Morgan fingerprint density at radius 3 is 2.41 bits per heavy atom. The molecule has 0 aliphatic carbocycles. The van der Waals surface area contributed by atoms with E-state index in [0.29, 0.717) is 50.5 Å². The molecule has 6 nitrogen and oxygen atoms in total. The Morgan fingerprint density at radius 1 is 0.938 bits per heavy atom. The van der Waals surface area contributed by atoms with Gasteiger partial charge in [-0.1, -0.05) is 18.2 Å². The summed E-state index contributed by atoms with van der Waals surface area (Å²) in [7, 11) is 0. The standard InChI is InChI=1S/C25H17FN2O4/c1-14(29)18-11-23-24(32-13-31-23)12-22(18)28-25(30)19-10-21(15-6-8-16(26)9-7-15)27-20-5-3-2-4-17(19)20/h2-12H,13H2,1H3,(H,28,30). The summed E-state index contributed by atoms with van der Waals surface area (Å²) in [6, 6.07) is 18.0. The van der Waals surface area contributed by atoms with Gasteiger partial charge in [-0.3, -0.25) is 9.59 Å². The lowest BCUT2D eigenvalue weighted by molar-refractivity contribution is 0.101. The van der Waals surface area contributed by atoms with E-state index in [-0.39, 0.29) is 18.4 Å². The average molecular weight is 428 g/mol. The van der Waals surface area contributed by atoms with Gasteiger partial charge in [-0.2, -0.15) is 0 Å². The summed E-state index contributed by atoms with van der Waals surface area (Å²) in [6.07, 6.45) is 0. The molecule has 0 spiro atoms. The van der Waals surface area contributed by atoms with Crippen LogP contribution in [0.4, 0.5) is 10.1 Å². The maximum absolute atomic E-state index is 13.4. The molecule has 0 fully saturated rings. The summed E-state index contributed by atoms with van der Waals surface area (Å²) in [5.74, 6) is -0.0661. The summed E-state index contributed by atoms with van der Waals surface area (Å²) in [5, 5.41) is 3.49. The van der Waals surface area contributed by atoms with Crippen molar-refractivity contribution in [3.05, 3.63) is 83.7 Å². The molecule has 0 radical (unpaired) electrons. The van der Waals surface area contributed by atoms with E-state index in [1.54, 1.807) is 42.5 Å². The largest absolute Gasteiger partial charge is 0.454 e. The van der Waals surface area contributed by atoms with Gasteiger partial charge in [0.2, 0.25) is 6.79 Å². The van der Waals surface area contributed by atoms with E-state index in [2.05, 4.69) is 10.3 Å². The number of nitrogens with one attached hydrogen (secondary N) is 1. The molecule has 0 atom stereocenters. The number of carbonyl (C=O) groups excluding carboxylic acids is 2. The second-order valence-corrected chi connectivity index (χ2v) is 7.34. The number of hydrogen-bond donors (Lipinski definition) is 1. The van der Waals surface area contributed by atoms with Crippen molar-refractivity contribution in [1.82, 2.24) is 4.98 Å². The van der Waals surface area contributed by atoms with Crippen LogP contribution in [0.1, 0.15) is 27.6 Å². The van der Waals surface area contributed by atoms with Crippen molar-refractivity contribution in [2.24, 2.45) is 0 Å². The fraction of sp³-hybridized carbons (Fsp3) is 0.0800. The predicted molar refractivity (Wildman–Crippen MR) is 118 cm³/mol. The summed E-state index contributed by atoms with van der Waals surface area (Å²) >= 11 is 0. The van der Waals surface area contributed by atoms with E-state index in [1.807, 2.05) is 12.1 Å². The van der Waals surface area contributed by atoms with Gasteiger partial charge in [0, 0.05) is 22.6 Å². The second kappa shape index (κ2) is 7.77. The molecule has 32 heavy (non-hydrogen) atoms. The first-order valence-electron chi connectivity index (χ1n) is 9.91. The molecular formula is C25H17FN2O4. The second-order valence-electron chi connectivity index (χ2n) is 7.34. The molecule has 1 amide bonds. The zero-order chi connectivity index (χ0) is 22.2. The van der Waals surface area contributed by atoms with Gasteiger partial charge in [-0.25, -0.2) is 9.37 Å². The van der Waals surface area contributed by atoms with Gasteiger partial charge in [0.1, 0.15) is 5.82 Å². The van der Waals surface area contributed by atoms with Crippen LogP contribution >= 0.6 is 0 Å². The van der Waals surface area contributed by atoms with Crippen molar-refractivity contribution in [2.75, 3.05) is 12.1 Å². The molecule has 1 N–H and O–H groups in total. The Hall–Kier alpha value is -4.26. The molecule has 0 saturated carbocycles. The number of Topliss-reactive ketones (excluding diaryl/α,β-unsaturated/α-hetero) is 1. The molecule has 2 heterocycles. The minimum atomic E-state index is -0.409. The van der Waals surface area contributed by atoms with Crippen molar-refractivity contribution in [1.29, 1.82) is 0 Å². The maximum atomic E-state index is 13.4. The molecule has 1 aliphatic heterocycles. The number of para-hydroxylation sites is 1. The summed E-state index contributed by atoms with van der Waals surface area (Å²) in [4.78, 5) is 30.2. The van der Waals surface area contributed by atoms with E-state index >= 15 is 0 Å². The Bertz CT molecular complexity index is 1380. The molecule has 1 aliphatic rings. The maximum Gasteiger partial charge on any atom is 0.256 e. The highest BCUT2D eigenvalue weighted by atomic mass is 19.1. The Balaban J connectivity index is 1.59. The molecular weight excluding hydrogens is 411 g/mol. The first kappa shape index (κ1) is 19.7. The Morgan fingerprint density at radius 2 is 1.66 bits per heavy atom. The number of ketones is 1. The molecule has 158 valence electrons. The number of hydrogen-bond acceptors (Lipinski definition) is 5. The number of halogens is 1. The zero-order valence-corrected chi connectivity index (χ0v) is 17.0. The predicted octanol–water partition coefficient (Wildman–Crippen LogP) is 5.22. The van der Waals surface area contributed by atoms with E-state index < -0.39 is 5.91 Å². The van der Waals surface area contributed by atoms with Crippen LogP contribution in [0.3, 0.4) is 0 Å². The zero-order valence-electron chi connectivity index (χ0n) is 17.0. The normalized spacial score (nSPS) is 12.1. The van der Waals surface area contributed by atoms with Crippen LogP contribution in [-0.2, 0) is 0 Å². The topological polar surface area (TPSA) is 77.5 Å². The smallest absolute Gasteiger partial charge is 0.256 e. The molecule has 3 aromatic carbocycles. The summed E-state index contributed by atoms with van der Waals surface area (Å²) in [6.45, 7) is 1.47. The minimum Gasteiger partial charge on any atom is -0.454 e. The van der Waals surface area contributed by atoms with E-state index in [9.17, 15) is 14.0 Å². The lowest BCUT2D eigenvalue weighted by Gasteiger charge is -2.13. The lowest BCUT2D eigenvalue weighted by atomic mass is 10.0. The van der Waals surface area contributed by atoms with Crippen molar-refractivity contribution >= 4 is 28.3 Å². The van der Waals surface area contributed by atoms with E-state index in [1.165, 1.54) is 19.1 Å². The van der Waals surface area contributed by atoms with Gasteiger partial charge >= 0.3 is 0 Å². The molecule has 7 heteroatoms. The number of amides is 1. The monoisotopic (exact) mass is 428 g/mol. The lowest BCUT2D eigenvalue weighted by Crippen LogP contribution is -2.15. The van der Waals surface area contributed by atoms with Gasteiger partial charge in [-0.15, -0.1) is 0 Å². The van der Waals surface area contributed by atoms with E-state index in [0.717, 1.165) is 0 Å². The summed E-state index contributed by atoms with van der Waals surface area (Å²) in [5.41, 5.74) is 2.86. The molecule has 1 aromatic heterocycles. The molecule has 0 saturated heterocycles.